The van der Waals surface area contributed by atoms with Crippen LogP contribution in [0.2, 0.25) is 0 Å². The number of amides is 1. The number of hydrogen-bond donors (Lipinski definition) is 2. The highest BCUT2D eigenvalue weighted by Crippen LogP contribution is 2.26. The first kappa shape index (κ1) is 13.5. The molecule has 2 N–H and O–H groups in total. The molecule has 0 bridgehead atoms. The van der Waals surface area contributed by atoms with Crippen LogP contribution in [0.5, 0.6) is 0 Å². The predicted octanol–water partition coefficient (Wildman–Crippen LogP) is 2.07. The quantitative estimate of drug-likeness (QED) is 0.753. The predicted molar refractivity (Wildman–Crippen MR) is 67.3 cm³/mol. The Bertz CT molecular complexity index is 249. The van der Waals surface area contributed by atoms with Crippen molar-refractivity contribution >= 4 is 5.91 Å². The molecule has 0 aromatic rings. The van der Waals surface area contributed by atoms with E-state index in [2.05, 4.69) is 45.3 Å². The van der Waals surface area contributed by atoms with E-state index in [9.17, 15) is 4.79 Å². The molecule has 1 fully saturated rings. The van der Waals surface area contributed by atoms with Gasteiger partial charge in [0.1, 0.15) is 0 Å². The molecule has 3 heteroatoms. The molecule has 0 aromatic heterocycles. The molecule has 1 aliphatic rings. The Morgan fingerprint density at radius 2 is 1.75 bits per heavy atom. The van der Waals surface area contributed by atoms with Crippen molar-refractivity contribution in [2.75, 3.05) is 6.54 Å². The fourth-order valence-electron chi connectivity index (χ4n) is 2.21. The first-order valence-corrected chi connectivity index (χ1v) is 6.22. The first-order chi connectivity index (χ1) is 7.18. The van der Waals surface area contributed by atoms with Crippen molar-refractivity contribution in [3.63, 3.8) is 0 Å². The van der Waals surface area contributed by atoms with Crippen LogP contribution >= 0.6 is 0 Å². The molecule has 0 radical (unpaired) electrons. The molecule has 0 aromatic carbocycles. The molecule has 0 aliphatic heterocycles. The fraction of sp³-hybridized carbons (Fsp3) is 0.923. The molecule has 1 saturated carbocycles. The number of nitrogens with one attached hydrogen (secondary N) is 2. The molecule has 3 nitrogen and oxygen atoms in total. The summed E-state index contributed by atoms with van der Waals surface area (Å²) in [5.74, 6) is 0.129. The van der Waals surface area contributed by atoms with E-state index in [1.54, 1.807) is 0 Å². The van der Waals surface area contributed by atoms with Gasteiger partial charge >= 0.3 is 0 Å². The van der Waals surface area contributed by atoms with Gasteiger partial charge < -0.3 is 10.6 Å². The average Bonchev–Trinajstić information content (AvgIpc) is 2.80. The van der Waals surface area contributed by atoms with Crippen LogP contribution in [0, 0.1) is 5.41 Å². The minimum absolute atomic E-state index is 0.0130. The highest BCUT2D eigenvalue weighted by Gasteiger charge is 2.27. The van der Waals surface area contributed by atoms with Gasteiger partial charge in [-0.25, -0.2) is 0 Å². The van der Waals surface area contributed by atoms with Crippen LogP contribution in [0.25, 0.3) is 0 Å². The number of carbonyl (C=O) groups is 1. The standard InChI is InChI=1S/C13H26N2O/c1-12(2,3)9-13(4,5)14-8-11(16)15-10-6-7-10/h10,14H,6-9H2,1-5H3,(H,15,16). The van der Waals surface area contributed by atoms with Gasteiger partial charge in [-0.15, -0.1) is 0 Å². The van der Waals surface area contributed by atoms with Gasteiger partial charge in [-0.3, -0.25) is 4.79 Å². The monoisotopic (exact) mass is 226 g/mol. The van der Waals surface area contributed by atoms with Gasteiger partial charge in [0.05, 0.1) is 6.54 Å². The lowest BCUT2D eigenvalue weighted by Gasteiger charge is -2.33. The topological polar surface area (TPSA) is 41.1 Å². The largest absolute Gasteiger partial charge is 0.352 e. The highest BCUT2D eigenvalue weighted by atomic mass is 16.2. The Morgan fingerprint density at radius 1 is 1.19 bits per heavy atom. The molecule has 16 heavy (non-hydrogen) atoms. The normalized spacial score (nSPS) is 17.3. The van der Waals surface area contributed by atoms with Crippen LogP contribution in [0.1, 0.15) is 53.9 Å². The third-order valence-corrected chi connectivity index (χ3v) is 2.64. The second-order valence-electron chi connectivity index (χ2n) is 6.82. The van der Waals surface area contributed by atoms with E-state index in [0.717, 1.165) is 19.3 Å². The van der Waals surface area contributed by atoms with E-state index in [-0.39, 0.29) is 16.9 Å². The van der Waals surface area contributed by atoms with Gasteiger partial charge in [-0.05, 0) is 38.5 Å². The van der Waals surface area contributed by atoms with Crippen molar-refractivity contribution in [3.8, 4) is 0 Å². The first-order valence-electron chi connectivity index (χ1n) is 6.22. The fourth-order valence-corrected chi connectivity index (χ4v) is 2.21. The zero-order valence-electron chi connectivity index (χ0n) is 11.3. The molecular weight excluding hydrogens is 200 g/mol. The van der Waals surface area contributed by atoms with E-state index in [1.165, 1.54) is 0 Å². The molecular formula is C13H26N2O. The summed E-state index contributed by atoms with van der Waals surface area (Å²) < 4.78 is 0. The molecule has 0 heterocycles. The van der Waals surface area contributed by atoms with Gasteiger partial charge in [-0.2, -0.15) is 0 Å². The summed E-state index contributed by atoms with van der Waals surface area (Å²) in [6.45, 7) is 11.4. The second-order valence-corrected chi connectivity index (χ2v) is 6.82. The van der Waals surface area contributed by atoms with Crippen molar-refractivity contribution in [1.29, 1.82) is 0 Å². The third kappa shape index (κ3) is 6.11. The van der Waals surface area contributed by atoms with Crippen molar-refractivity contribution in [2.45, 2.75) is 65.5 Å². The van der Waals surface area contributed by atoms with E-state index in [1.807, 2.05) is 0 Å². The number of rotatable bonds is 5. The summed E-state index contributed by atoms with van der Waals surface area (Å²) in [4.78, 5) is 11.5. The minimum Gasteiger partial charge on any atom is -0.352 e. The van der Waals surface area contributed by atoms with Gasteiger partial charge in [-0.1, -0.05) is 20.8 Å². The zero-order chi connectivity index (χ0) is 12.4. The highest BCUT2D eigenvalue weighted by molar-refractivity contribution is 5.78. The van der Waals surface area contributed by atoms with Crippen LogP contribution in [0.15, 0.2) is 0 Å². The summed E-state index contributed by atoms with van der Waals surface area (Å²) in [6, 6.07) is 0.458. The van der Waals surface area contributed by atoms with Crippen LogP contribution in [0.3, 0.4) is 0 Å². The van der Waals surface area contributed by atoms with E-state index in [0.29, 0.717) is 12.6 Å². The van der Waals surface area contributed by atoms with E-state index in [4.69, 9.17) is 0 Å². The minimum atomic E-state index is 0.0130. The Balaban J connectivity index is 2.25. The molecule has 1 rings (SSSR count). The van der Waals surface area contributed by atoms with E-state index >= 15 is 0 Å². The molecule has 94 valence electrons. The maximum Gasteiger partial charge on any atom is 0.234 e. The lowest BCUT2D eigenvalue weighted by Crippen LogP contribution is -2.47. The summed E-state index contributed by atoms with van der Waals surface area (Å²) in [7, 11) is 0. The maximum atomic E-state index is 11.5. The summed E-state index contributed by atoms with van der Waals surface area (Å²) in [6.07, 6.45) is 3.35. The Hall–Kier alpha value is -0.570. The maximum absolute atomic E-state index is 11.5. The summed E-state index contributed by atoms with van der Waals surface area (Å²) in [5, 5.41) is 6.32. The molecule has 0 atom stereocenters. The zero-order valence-corrected chi connectivity index (χ0v) is 11.3. The molecule has 0 saturated heterocycles. The second kappa shape index (κ2) is 4.74. The summed E-state index contributed by atoms with van der Waals surface area (Å²) >= 11 is 0. The molecule has 0 spiro atoms. The van der Waals surface area contributed by atoms with E-state index < -0.39 is 0 Å². The van der Waals surface area contributed by atoms with Crippen molar-refractivity contribution < 1.29 is 4.79 Å². The molecule has 0 unspecified atom stereocenters. The molecule has 1 amide bonds. The Morgan fingerprint density at radius 3 is 2.19 bits per heavy atom. The van der Waals surface area contributed by atoms with Gasteiger partial charge in [0.2, 0.25) is 5.91 Å². The van der Waals surface area contributed by atoms with Crippen molar-refractivity contribution in [1.82, 2.24) is 10.6 Å². The summed E-state index contributed by atoms with van der Waals surface area (Å²) in [5.41, 5.74) is 0.294. The van der Waals surface area contributed by atoms with Crippen LogP contribution in [0.4, 0.5) is 0 Å². The van der Waals surface area contributed by atoms with Crippen molar-refractivity contribution in [3.05, 3.63) is 0 Å². The van der Waals surface area contributed by atoms with Gasteiger partial charge in [0.15, 0.2) is 0 Å². The smallest absolute Gasteiger partial charge is 0.234 e. The van der Waals surface area contributed by atoms with Crippen LogP contribution < -0.4 is 10.6 Å². The van der Waals surface area contributed by atoms with Crippen LogP contribution in [-0.2, 0) is 4.79 Å². The number of hydrogen-bond acceptors (Lipinski definition) is 2. The number of carbonyl (C=O) groups excluding carboxylic acids is 1. The van der Waals surface area contributed by atoms with Gasteiger partial charge in [0.25, 0.3) is 0 Å². The lowest BCUT2D eigenvalue weighted by atomic mass is 9.82. The van der Waals surface area contributed by atoms with Crippen LogP contribution in [-0.4, -0.2) is 24.0 Å². The average molecular weight is 226 g/mol. The Labute approximate surface area is 99.4 Å². The lowest BCUT2D eigenvalue weighted by molar-refractivity contribution is -0.120. The molecule has 1 aliphatic carbocycles. The Kier molecular flexibility index (Phi) is 4.00. The SMILES string of the molecule is CC(C)(C)CC(C)(C)NCC(=O)NC1CC1. The van der Waals surface area contributed by atoms with Gasteiger partial charge in [0, 0.05) is 11.6 Å². The third-order valence-electron chi connectivity index (χ3n) is 2.64. The van der Waals surface area contributed by atoms with Crippen molar-refractivity contribution in [2.24, 2.45) is 5.41 Å².